The summed E-state index contributed by atoms with van der Waals surface area (Å²) in [6.07, 6.45) is -8.06. The molecule has 4 atom stereocenters. The lowest BCUT2D eigenvalue weighted by Gasteiger charge is -2.46. The molecule has 0 aromatic carbocycles. The minimum absolute atomic E-state index is 0.145. The number of alkyl halides is 6. The maximum Gasteiger partial charge on any atom is 0.434 e. The largest absolute Gasteiger partial charge is 0.434 e. The van der Waals surface area contributed by atoms with Gasteiger partial charge in [0.1, 0.15) is 17.7 Å². The molecule has 5 rings (SSSR count). The van der Waals surface area contributed by atoms with Crippen LogP contribution in [0.25, 0.3) is 0 Å². The number of amides is 2. The van der Waals surface area contributed by atoms with Crippen molar-refractivity contribution in [3.8, 4) is 0 Å². The standard InChI is InChI=1S/C24H26F6N8O4/c1-11(33-13-8-32-35-20(39)17(13)24(28,29)30)10-42-15-4-6-37(22(15)41)12-3-5-38-14(7-12)21(40)36(2)19-18(38)31-9-16(34-19)23(25,26)27/h8-9,11-12,14-15H,3-7,10H2,1-2H3,(H2,33,35,39)/t11-,12-,14-,15-/m0/s1. The first-order valence-electron chi connectivity index (χ1n) is 13.0. The molecule has 2 aromatic heterocycles. The number of hydrogen-bond acceptors (Lipinski definition) is 9. The second-order valence-corrected chi connectivity index (χ2v) is 10.4. The van der Waals surface area contributed by atoms with Gasteiger partial charge >= 0.3 is 12.4 Å². The number of halogens is 6. The lowest BCUT2D eigenvalue weighted by molar-refractivity contribution is -0.141. The number of likely N-dealkylation sites (tertiary alicyclic amines) is 1. The number of aromatic nitrogens is 4. The SMILES string of the molecule is C[C@@H](CO[C@H]1CCN([C@H]2CCN3c4ncc(C(F)(F)F)nc4N(C)C(=O)[C@@H]3C2)C1=O)Nc1cn[nH]c(=O)c1C(F)(F)F. The lowest BCUT2D eigenvalue weighted by Crippen LogP contribution is -2.59. The Morgan fingerprint density at radius 1 is 1.02 bits per heavy atom. The highest BCUT2D eigenvalue weighted by Crippen LogP contribution is 2.39. The van der Waals surface area contributed by atoms with Crippen LogP contribution in [0.3, 0.4) is 0 Å². The van der Waals surface area contributed by atoms with Gasteiger partial charge in [0.25, 0.3) is 17.4 Å². The number of nitrogens with one attached hydrogen (secondary N) is 2. The van der Waals surface area contributed by atoms with Crippen LogP contribution in [-0.4, -0.2) is 87.9 Å². The van der Waals surface area contributed by atoms with Crippen LogP contribution >= 0.6 is 0 Å². The van der Waals surface area contributed by atoms with Crippen LogP contribution in [0.15, 0.2) is 17.2 Å². The molecule has 0 unspecified atom stereocenters. The van der Waals surface area contributed by atoms with E-state index in [1.165, 1.54) is 14.0 Å². The fraction of sp³-hybridized carbons (Fsp3) is 0.583. The number of ether oxygens (including phenoxy) is 1. The van der Waals surface area contributed by atoms with E-state index in [0.717, 1.165) is 11.1 Å². The fourth-order valence-corrected chi connectivity index (χ4v) is 5.53. The molecule has 2 saturated heterocycles. The van der Waals surface area contributed by atoms with Gasteiger partial charge in [-0.3, -0.25) is 19.3 Å². The summed E-state index contributed by atoms with van der Waals surface area (Å²) < 4.78 is 85.1. The van der Waals surface area contributed by atoms with Crippen molar-refractivity contribution in [2.75, 3.05) is 41.9 Å². The highest BCUT2D eigenvalue weighted by Gasteiger charge is 2.47. The zero-order valence-electron chi connectivity index (χ0n) is 22.3. The summed E-state index contributed by atoms with van der Waals surface area (Å²) in [5, 5.41) is 7.71. The maximum atomic E-state index is 13.3. The third-order valence-electron chi connectivity index (χ3n) is 7.53. The summed E-state index contributed by atoms with van der Waals surface area (Å²) >= 11 is 0. The number of rotatable bonds is 6. The van der Waals surface area contributed by atoms with Crippen molar-refractivity contribution < 1.29 is 40.7 Å². The predicted molar refractivity (Wildman–Crippen MR) is 134 cm³/mol. The second-order valence-electron chi connectivity index (χ2n) is 10.4. The van der Waals surface area contributed by atoms with Gasteiger partial charge in [-0.15, -0.1) is 0 Å². The minimum atomic E-state index is -4.91. The van der Waals surface area contributed by atoms with Gasteiger partial charge in [0, 0.05) is 38.6 Å². The Kier molecular flexibility index (Phi) is 7.53. The molecule has 18 heteroatoms. The zero-order chi connectivity index (χ0) is 30.6. The van der Waals surface area contributed by atoms with Crippen LogP contribution < -0.4 is 20.7 Å². The van der Waals surface area contributed by atoms with Crippen LogP contribution in [0.4, 0.5) is 43.7 Å². The smallest absolute Gasteiger partial charge is 0.378 e. The number of fused-ring (bicyclic) bond motifs is 3. The van der Waals surface area contributed by atoms with Crippen LogP contribution in [0, 0.1) is 0 Å². The molecule has 2 fully saturated rings. The number of piperidine rings is 1. The molecule has 0 spiro atoms. The first kappa shape index (κ1) is 29.5. The van der Waals surface area contributed by atoms with E-state index < -0.39 is 59.0 Å². The van der Waals surface area contributed by atoms with Gasteiger partial charge in [-0.1, -0.05) is 0 Å². The van der Waals surface area contributed by atoms with Crippen molar-refractivity contribution in [1.82, 2.24) is 25.1 Å². The third-order valence-corrected chi connectivity index (χ3v) is 7.53. The van der Waals surface area contributed by atoms with Gasteiger partial charge in [-0.2, -0.15) is 31.4 Å². The van der Waals surface area contributed by atoms with Crippen LogP contribution in [0.2, 0.25) is 0 Å². The van der Waals surface area contributed by atoms with Crippen molar-refractivity contribution >= 4 is 29.1 Å². The fourth-order valence-electron chi connectivity index (χ4n) is 5.53. The van der Waals surface area contributed by atoms with Gasteiger partial charge < -0.3 is 19.9 Å². The van der Waals surface area contributed by atoms with Crippen molar-refractivity contribution in [2.45, 2.75) is 62.8 Å². The van der Waals surface area contributed by atoms with E-state index >= 15 is 0 Å². The number of carbonyl (C=O) groups is 2. The number of aromatic amines is 1. The molecule has 42 heavy (non-hydrogen) atoms. The van der Waals surface area contributed by atoms with Crippen LogP contribution in [0.1, 0.15) is 37.4 Å². The highest BCUT2D eigenvalue weighted by molar-refractivity contribution is 6.03. The highest BCUT2D eigenvalue weighted by atomic mass is 19.4. The molecular formula is C24H26F6N8O4. The van der Waals surface area contributed by atoms with Crippen molar-refractivity contribution in [1.29, 1.82) is 0 Å². The maximum absolute atomic E-state index is 13.3. The number of carbonyl (C=O) groups excluding carboxylic acids is 2. The Labute approximate surface area is 234 Å². The van der Waals surface area contributed by atoms with E-state index in [0.29, 0.717) is 25.6 Å². The third kappa shape index (κ3) is 5.46. The Morgan fingerprint density at radius 2 is 1.74 bits per heavy atom. The number of H-pyrrole nitrogens is 1. The molecular weight excluding hydrogens is 578 g/mol. The summed E-state index contributed by atoms with van der Waals surface area (Å²) in [5.74, 6) is -0.821. The quantitative estimate of drug-likeness (QED) is 0.475. The summed E-state index contributed by atoms with van der Waals surface area (Å²) in [5.41, 5.74) is -4.53. The Bertz CT molecular complexity index is 1430. The second kappa shape index (κ2) is 10.7. The molecule has 2 aromatic rings. The van der Waals surface area contributed by atoms with Crippen molar-refractivity contribution in [3.05, 3.63) is 34.0 Å². The topological polar surface area (TPSA) is 137 Å². The van der Waals surface area contributed by atoms with E-state index in [1.807, 2.05) is 0 Å². The number of anilines is 3. The lowest BCUT2D eigenvalue weighted by atomic mass is 9.93. The van der Waals surface area contributed by atoms with Gasteiger partial charge in [0.05, 0.1) is 24.7 Å². The average Bonchev–Trinajstić information content (AvgIpc) is 3.28. The molecule has 3 aliphatic rings. The van der Waals surface area contributed by atoms with Crippen LogP contribution in [-0.2, 0) is 26.7 Å². The van der Waals surface area contributed by atoms with E-state index in [-0.39, 0.29) is 43.2 Å². The Morgan fingerprint density at radius 3 is 2.43 bits per heavy atom. The van der Waals surface area contributed by atoms with Crippen molar-refractivity contribution in [2.24, 2.45) is 0 Å². The number of nitrogens with zero attached hydrogens (tertiary/aromatic N) is 6. The predicted octanol–water partition coefficient (Wildman–Crippen LogP) is 2.03. The minimum Gasteiger partial charge on any atom is -0.378 e. The monoisotopic (exact) mass is 604 g/mol. The molecule has 2 N–H and O–H groups in total. The first-order chi connectivity index (χ1) is 19.7. The molecule has 0 radical (unpaired) electrons. The molecule has 12 nitrogen and oxygen atoms in total. The van der Waals surface area contributed by atoms with Gasteiger partial charge in [0.2, 0.25) is 0 Å². The van der Waals surface area contributed by atoms with Gasteiger partial charge in [-0.05, 0) is 19.8 Å². The first-order valence-corrected chi connectivity index (χ1v) is 13.0. The average molecular weight is 605 g/mol. The molecule has 0 bridgehead atoms. The summed E-state index contributed by atoms with van der Waals surface area (Å²) in [4.78, 5) is 49.8. The van der Waals surface area contributed by atoms with E-state index in [9.17, 15) is 40.7 Å². The Hall–Kier alpha value is -3.96. The number of likely N-dealkylation sites (N-methyl/N-ethyl adjacent to an activating group) is 1. The van der Waals surface area contributed by atoms with E-state index in [4.69, 9.17) is 4.74 Å². The van der Waals surface area contributed by atoms with Gasteiger partial charge in [0.15, 0.2) is 17.3 Å². The molecule has 3 aliphatic heterocycles. The van der Waals surface area contributed by atoms with E-state index in [1.54, 1.807) is 14.9 Å². The van der Waals surface area contributed by atoms with E-state index in [2.05, 4.69) is 20.4 Å². The molecule has 0 saturated carbocycles. The van der Waals surface area contributed by atoms with Crippen LogP contribution in [0.5, 0.6) is 0 Å². The van der Waals surface area contributed by atoms with Gasteiger partial charge in [-0.25, -0.2) is 15.1 Å². The molecule has 2 amide bonds. The number of hydrogen-bond donors (Lipinski definition) is 2. The molecule has 5 heterocycles. The molecule has 228 valence electrons. The zero-order valence-corrected chi connectivity index (χ0v) is 22.3. The summed E-state index contributed by atoms with van der Waals surface area (Å²) in [6, 6.07) is -1.82. The summed E-state index contributed by atoms with van der Waals surface area (Å²) in [7, 11) is 1.33. The van der Waals surface area contributed by atoms with Crippen molar-refractivity contribution in [3.63, 3.8) is 0 Å². The molecule has 0 aliphatic carbocycles. The normalized spacial score (nSPS) is 23.6. The Balaban J connectivity index is 1.21. The summed E-state index contributed by atoms with van der Waals surface area (Å²) in [6.45, 7) is 1.96.